The third-order valence-electron chi connectivity index (χ3n) is 2.20. The largest absolute Gasteiger partial charge is 0.465 e. The molecule has 1 aromatic carbocycles. The van der Waals surface area contributed by atoms with Crippen molar-refractivity contribution in [2.45, 2.75) is 6.54 Å². The summed E-state index contributed by atoms with van der Waals surface area (Å²) in [6, 6.07) is 4.17. The van der Waals surface area contributed by atoms with Crippen molar-refractivity contribution < 1.29 is 14.5 Å². The molecule has 0 fully saturated rings. The van der Waals surface area contributed by atoms with Crippen LogP contribution in [0.5, 0.6) is 0 Å². The van der Waals surface area contributed by atoms with E-state index in [9.17, 15) is 14.9 Å². The Morgan fingerprint density at radius 1 is 1.65 bits per heavy atom. The molecule has 1 rings (SSSR count). The Kier molecular flexibility index (Phi) is 3.74. The number of ether oxygens (including phenoxy) is 1. The second kappa shape index (κ2) is 5.05. The maximum absolute atomic E-state index is 11.5. The molecule has 0 atom stereocenters. The fourth-order valence-electron chi connectivity index (χ4n) is 1.43. The molecule has 0 bridgehead atoms. The summed E-state index contributed by atoms with van der Waals surface area (Å²) in [4.78, 5) is 21.6. The van der Waals surface area contributed by atoms with Crippen LogP contribution in [0.1, 0.15) is 21.5 Å². The normalized spacial score (nSPS) is 9.47. The summed E-state index contributed by atoms with van der Waals surface area (Å²) in [6.45, 7) is -0.158. The number of nitriles is 1. The van der Waals surface area contributed by atoms with Crippen molar-refractivity contribution in [1.82, 2.24) is 0 Å². The van der Waals surface area contributed by atoms with Gasteiger partial charge >= 0.3 is 5.97 Å². The number of nitrogens with zero attached hydrogens (tertiary/aromatic N) is 2. The first kappa shape index (κ1) is 12.6. The van der Waals surface area contributed by atoms with Gasteiger partial charge in [0.05, 0.1) is 23.7 Å². The highest BCUT2D eigenvalue weighted by Gasteiger charge is 2.26. The van der Waals surface area contributed by atoms with E-state index in [-0.39, 0.29) is 23.2 Å². The summed E-state index contributed by atoms with van der Waals surface area (Å²) in [5.41, 5.74) is 4.96. The Morgan fingerprint density at radius 2 is 2.29 bits per heavy atom. The second-order valence-electron chi connectivity index (χ2n) is 3.05. The Bertz CT molecular complexity index is 519. The van der Waals surface area contributed by atoms with Gasteiger partial charge in [-0.25, -0.2) is 4.79 Å². The lowest BCUT2D eigenvalue weighted by Crippen LogP contribution is -2.13. The average molecular weight is 235 g/mol. The van der Waals surface area contributed by atoms with E-state index in [2.05, 4.69) is 4.74 Å². The first-order valence-electron chi connectivity index (χ1n) is 4.55. The van der Waals surface area contributed by atoms with Crippen molar-refractivity contribution in [1.29, 1.82) is 5.26 Å². The molecule has 1 aromatic rings. The Morgan fingerprint density at radius 3 is 2.71 bits per heavy atom. The SMILES string of the molecule is COC(=O)c1c([N+](=O)[O-])ccc(C#N)c1CN. The molecule has 88 valence electrons. The predicted molar refractivity (Wildman–Crippen MR) is 57.0 cm³/mol. The highest BCUT2D eigenvalue weighted by Crippen LogP contribution is 2.25. The lowest BCUT2D eigenvalue weighted by Gasteiger charge is -2.08. The van der Waals surface area contributed by atoms with E-state index in [1.54, 1.807) is 0 Å². The summed E-state index contributed by atoms with van der Waals surface area (Å²) < 4.78 is 4.46. The van der Waals surface area contributed by atoms with Crippen LogP contribution in [0, 0.1) is 21.4 Å². The number of nitro groups is 1. The smallest absolute Gasteiger partial charge is 0.345 e. The third kappa shape index (κ3) is 2.21. The van der Waals surface area contributed by atoms with E-state index in [4.69, 9.17) is 11.0 Å². The number of carbonyl (C=O) groups is 1. The number of carbonyl (C=O) groups excluding carboxylic acids is 1. The van der Waals surface area contributed by atoms with Crippen LogP contribution in [0.3, 0.4) is 0 Å². The molecule has 17 heavy (non-hydrogen) atoms. The fraction of sp³-hybridized carbons (Fsp3) is 0.200. The summed E-state index contributed by atoms with van der Waals surface area (Å²) in [5, 5.41) is 19.6. The molecule has 0 unspecified atom stereocenters. The van der Waals surface area contributed by atoms with Crippen molar-refractivity contribution in [3.05, 3.63) is 38.9 Å². The highest BCUT2D eigenvalue weighted by atomic mass is 16.6. The molecule has 0 aliphatic carbocycles. The summed E-state index contributed by atoms with van der Waals surface area (Å²) in [6.07, 6.45) is 0. The standard InChI is InChI=1S/C10H9N3O4/c1-17-10(14)9-7(5-12)6(4-11)2-3-8(9)13(15)16/h2-3H,5,12H2,1H3. The van der Waals surface area contributed by atoms with Gasteiger partial charge in [0.1, 0.15) is 5.56 Å². The number of nitrogens with two attached hydrogens (primary N) is 1. The number of hydrogen-bond acceptors (Lipinski definition) is 6. The van der Waals surface area contributed by atoms with Gasteiger partial charge in [0.2, 0.25) is 0 Å². The molecule has 0 aliphatic rings. The molecule has 7 heteroatoms. The van der Waals surface area contributed by atoms with E-state index in [0.29, 0.717) is 0 Å². The van der Waals surface area contributed by atoms with Gasteiger partial charge in [-0.2, -0.15) is 5.26 Å². The van der Waals surface area contributed by atoms with Crippen molar-refractivity contribution in [2.75, 3.05) is 7.11 Å². The van der Waals surface area contributed by atoms with Gasteiger partial charge in [-0.05, 0) is 6.07 Å². The van der Waals surface area contributed by atoms with Crippen LogP contribution >= 0.6 is 0 Å². The minimum Gasteiger partial charge on any atom is -0.465 e. The fourth-order valence-corrected chi connectivity index (χ4v) is 1.43. The molecule has 2 N–H and O–H groups in total. The van der Waals surface area contributed by atoms with Crippen LogP contribution in [-0.2, 0) is 11.3 Å². The van der Waals surface area contributed by atoms with Crippen molar-refractivity contribution in [3.63, 3.8) is 0 Å². The molecule has 0 aromatic heterocycles. The molecule has 0 saturated carbocycles. The third-order valence-corrected chi connectivity index (χ3v) is 2.20. The number of hydrogen-bond donors (Lipinski definition) is 1. The van der Waals surface area contributed by atoms with Crippen molar-refractivity contribution >= 4 is 11.7 Å². The maximum atomic E-state index is 11.5. The van der Waals surface area contributed by atoms with Crippen molar-refractivity contribution in [2.24, 2.45) is 5.73 Å². The summed E-state index contributed by atoms with van der Waals surface area (Å²) in [7, 11) is 1.10. The quantitative estimate of drug-likeness (QED) is 0.468. The van der Waals surface area contributed by atoms with E-state index in [1.165, 1.54) is 6.07 Å². The molecular formula is C10H9N3O4. The predicted octanol–water partition coefficient (Wildman–Crippen LogP) is 0.712. The first-order valence-corrected chi connectivity index (χ1v) is 4.55. The molecule has 0 radical (unpaired) electrons. The van der Waals surface area contributed by atoms with Crippen LogP contribution in [0.25, 0.3) is 0 Å². The van der Waals surface area contributed by atoms with E-state index in [1.807, 2.05) is 6.07 Å². The molecule has 0 amide bonds. The molecular weight excluding hydrogens is 226 g/mol. The second-order valence-corrected chi connectivity index (χ2v) is 3.05. The van der Waals surface area contributed by atoms with Gasteiger partial charge in [-0.3, -0.25) is 10.1 Å². The number of methoxy groups -OCH3 is 1. The lowest BCUT2D eigenvalue weighted by molar-refractivity contribution is -0.385. The minimum absolute atomic E-state index is 0.119. The Balaban J connectivity index is 3.63. The minimum atomic E-state index is -0.880. The number of rotatable bonds is 3. The van der Waals surface area contributed by atoms with Gasteiger partial charge in [0, 0.05) is 18.2 Å². The number of benzene rings is 1. The molecule has 0 heterocycles. The maximum Gasteiger partial charge on any atom is 0.345 e. The monoisotopic (exact) mass is 235 g/mol. The van der Waals surface area contributed by atoms with Crippen LogP contribution < -0.4 is 5.73 Å². The van der Waals surface area contributed by atoms with Crippen LogP contribution in [-0.4, -0.2) is 18.0 Å². The highest BCUT2D eigenvalue weighted by molar-refractivity contribution is 5.96. The van der Waals surface area contributed by atoms with E-state index in [0.717, 1.165) is 13.2 Å². The zero-order valence-electron chi connectivity index (χ0n) is 8.97. The zero-order chi connectivity index (χ0) is 13.0. The number of nitro benzene ring substituents is 1. The average Bonchev–Trinajstić information content (AvgIpc) is 2.35. The molecule has 0 spiro atoms. The zero-order valence-corrected chi connectivity index (χ0v) is 8.97. The van der Waals surface area contributed by atoms with E-state index < -0.39 is 16.6 Å². The van der Waals surface area contributed by atoms with Crippen LogP contribution in [0.15, 0.2) is 12.1 Å². The summed E-state index contributed by atoms with van der Waals surface area (Å²) in [5.74, 6) is -0.880. The van der Waals surface area contributed by atoms with Crippen molar-refractivity contribution in [3.8, 4) is 6.07 Å². The van der Waals surface area contributed by atoms with Gasteiger partial charge in [0.25, 0.3) is 5.69 Å². The Labute approximate surface area is 96.6 Å². The molecule has 0 aliphatic heterocycles. The van der Waals surface area contributed by atoms with Gasteiger partial charge < -0.3 is 10.5 Å². The molecule has 0 saturated heterocycles. The summed E-state index contributed by atoms with van der Waals surface area (Å²) >= 11 is 0. The van der Waals surface area contributed by atoms with Gasteiger partial charge in [-0.1, -0.05) is 0 Å². The Hall–Kier alpha value is -2.46. The number of esters is 1. The lowest BCUT2D eigenvalue weighted by atomic mass is 10.00. The topological polar surface area (TPSA) is 119 Å². The van der Waals surface area contributed by atoms with Crippen LogP contribution in [0.4, 0.5) is 5.69 Å². The van der Waals surface area contributed by atoms with E-state index >= 15 is 0 Å². The van der Waals surface area contributed by atoms with Gasteiger partial charge in [-0.15, -0.1) is 0 Å². The van der Waals surface area contributed by atoms with Crippen LogP contribution in [0.2, 0.25) is 0 Å². The molecule has 7 nitrogen and oxygen atoms in total. The van der Waals surface area contributed by atoms with Gasteiger partial charge in [0.15, 0.2) is 0 Å². The first-order chi connectivity index (χ1) is 8.06.